The van der Waals surface area contributed by atoms with E-state index in [9.17, 15) is 9.59 Å². The van der Waals surface area contributed by atoms with Crippen LogP contribution in [0, 0.1) is 0 Å². The van der Waals surface area contributed by atoms with Crippen LogP contribution in [0.1, 0.15) is 12.0 Å². The highest BCUT2D eigenvalue weighted by Gasteiger charge is 2.14. The Morgan fingerprint density at radius 1 is 0.960 bits per heavy atom. The summed E-state index contributed by atoms with van der Waals surface area (Å²) in [7, 11) is 1.37. The van der Waals surface area contributed by atoms with E-state index in [2.05, 4.69) is 5.10 Å². The molecule has 0 aliphatic carbocycles. The zero-order chi connectivity index (χ0) is 17.6. The molecular weight excluding hydrogens is 318 g/mol. The van der Waals surface area contributed by atoms with Gasteiger partial charge in [-0.05, 0) is 30.5 Å². The smallest absolute Gasteiger partial charge is 0.352 e. The van der Waals surface area contributed by atoms with Gasteiger partial charge in [0.2, 0.25) is 0 Å². The van der Waals surface area contributed by atoms with Crippen LogP contribution in [-0.4, -0.2) is 21.5 Å². The molecule has 0 N–H and O–H groups in total. The predicted octanol–water partition coefficient (Wildman–Crippen LogP) is 2.04. The fourth-order valence-corrected chi connectivity index (χ4v) is 2.64. The normalized spacial score (nSPS) is 10.6. The first kappa shape index (κ1) is 16.7. The van der Waals surface area contributed by atoms with E-state index in [0.29, 0.717) is 18.7 Å². The molecule has 3 rings (SSSR count). The van der Waals surface area contributed by atoms with Crippen molar-refractivity contribution in [3.05, 3.63) is 87.1 Å². The number of hydrogen-bond acceptors (Lipinski definition) is 4. The van der Waals surface area contributed by atoms with Gasteiger partial charge >= 0.3 is 11.2 Å². The number of para-hydroxylation sites is 1. The number of rotatable bonds is 6. The highest BCUT2D eigenvalue weighted by atomic mass is 16.5. The third kappa shape index (κ3) is 3.68. The van der Waals surface area contributed by atoms with Crippen molar-refractivity contribution in [1.82, 2.24) is 14.3 Å². The number of benzene rings is 2. The van der Waals surface area contributed by atoms with Gasteiger partial charge in [-0.25, -0.2) is 4.79 Å². The van der Waals surface area contributed by atoms with Crippen molar-refractivity contribution >= 4 is 0 Å². The van der Waals surface area contributed by atoms with Gasteiger partial charge in [-0.15, -0.1) is 5.10 Å². The van der Waals surface area contributed by atoms with Gasteiger partial charge in [-0.1, -0.05) is 48.5 Å². The summed E-state index contributed by atoms with van der Waals surface area (Å²) < 4.78 is 7.44. The summed E-state index contributed by atoms with van der Waals surface area (Å²) in [5, 5.41) is 4.04. The van der Waals surface area contributed by atoms with Crippen molar-refractivity contribution in [3.8, 4) is 11.6 Å². The fourth-order valence-electron chi connectivity index (χ4n) is 2.64. The fraction of sp³-hybridized carbons (Fsp3) is 0.211. The van der Waals surface area contributed by atoms with Crippen molar-refractivity contribution in [2.24, 2.45) is 0 Å². The lowest BCUT2D eigenvalue weighted by molar-refractivity contribution is 0.364. The lowest BCUT2D eigenvalue weighted by Gasteiger charge is -2.11. The van der Waals surface area contributed by atoms with Crippen LogP contribution in [0.3, 0.4) is 0 Å². The molecule has 0 fully saturated rings. The molecule has 0 amide bonds. The SMILES string of the molecule is COc1nn(-c2ccccc2)c(=O)n(CCCc2ccccc2)c1=O. The van der Waals surface area contributed by atoms with E-state index in [4.69, 9.17) is 4.74 Å². The molecule has 0 saturated carbocycles. The highest BCUT2D eigenvalue weighted by Crippen LogP contribution is 2.05. The van der Waals surface area contributed by atoms with E-state index in [0.717, 1.165) is 6.42 Å². The van der Waals surface area contributed by atoms with Gasteiger partial charge in [-0.2, -0.15) is 4.68 Å². The molecule has 0 bridgehead atoms. The van der Waals surface area contributed by atoms with Crippen molar-refractivity contribution < 1.29 is 4.74 Å². The Morgan fingerprint density at radius 2 is 1.60 bits per heavy atom. The summed E-state index contributed by atoms with van der Waals surface area (Å²) in [5.74, 6) is -0.0943. The maximum atomic E-state index is 12.7. The number of aryl methyl sites for hydroxylation is 1. The summed E-state index contributed by atoms with van der Waals surface area (Å²) >= 11 is 0. The first-order chi connectivity index (χ1) is 12.2. The number of hydrogen-bond donors (Lipinski definition) is 0. The van der Waals surface area contributed by atoms with Gasteiger partial charge in [0.05, 0.1) is 12.8 Å². The van der Waals surface area contributed by atoms with E-state index < -0.39 is 11.2 Å². The average molecular weight is 337 g/mol. The van der Waals surface area contributed by atoms with Crippen LogP contribution in [0.2, 0.25) is 0 Å². The second-order valence-corrected chi connectivity index (χ2v) is 5.59. The minimum Gasteiger partial charge on any atom is -0.476 e. The minimum absolute atomic E-state index is 0.0943. The Labute approximate surface area is 144 Å². The third-order valence-electron chi connectivity index (χ3n) is 3.92. The highest BCUT2D eigenvalue weighted by molar-refractivity contribution is 5.29. The number of nitrogens with zero attached hydrogens (tertiary/aromatic N) is 3. The molecule has 1 heterocycles. The molecular formula is C19H19N3O3. The molecule has 0 spiro atoms. The monoisotopic (exact) mass is 337 g/mol. The standard InChI is InChI=1S/C19H19N3O3/c1-25-17-18(23)21(14-8-11-15-9-4-2-5-10-15)19(24)22(20-17)16-12-6-3-7-13-16/h2-7,9-10,12-13H,8,11,14H2,1H3. The lowest BCUT2D eigenvalue weighted by Crippen LogP contribution is -2.41. The number of ether oxygens (including phenoxy) is 1. The minimum atomic E-state index is -0.507. The van der Waals surface area contributed by atoms with Crippen LogP contribution >= 0.6 is 0 Å². The van der Waals surface area contributed by atoms with Crippen LogP contribution in [0.25, 0.3) is 5.69 Å². The Kier molecular flexibility index (Phi) is 5.09. The van der Waals surface area contributed by atoms with Gasteiger partial charge in [0.15, 0.2) is 0 Å². The summed E-state index contributed by atoms with van der Waals surface area (Å²) in [4.78, 5) is 25.1. The second-order valence-electron chi connectivity index (χ2n) is 5.59. The Morgan fingerprint density at radius 3 is 2.24 bits per heavy atom. The zero-order valence-electron chi connectivity index (χ0n) is 14.0. The first-order valence-electron chi connectivity index (χ1n) is 8.08. The lowest BCUT2D eigenvalue weighted by atomic mass is 10.1. The molecule has 0 saturated heterocycles. The zero-order valence-corrected chi connectivity index (χ0v) is 14.0. The maximum absolute atomic E-state index is 12.7. The summed E-state index contributed by atoms with van der Waals surface area (Å²) in [6.45, 7) is 0.304. The average Bonchev–Trinajstić information content (AvgIpc) is 2.66. The predicted molar refractivity (Wildman–Crippen MR) is 95.4 cm³/mol. The molecule has 0 atom stereocenters. The van der Waals surface area contributed by atoms with Gasteiger partial charge in [0.1, 0.15) is 0 Å². The molecule has 0 aliphatic rings. The maximum Gasteiger partial charge on any atom is 0.352 e. The van der Waals surface area contributed by atoms with Gasteiger partial charge < -0.3 is 4.74 Å². The summed E-state index contributed by atoms with van der Waals surface area (Å²) in [6, 6.07) is 18.9. The molecule has 6 heteroatoms. The Bertz CT molecular complexity index is 947. The summed E-state index contributed by atoms with van der Waals surface area (Å²) in [6.07, 6.45) is 1.45. The van der Waals surface area contributed by atoms with Crippen molar-refractivity contribution in [1.29, 1.82) is 0 Å². The molecule has 0 unspecified atom stereocenters. The van der Waals surface area contributed by atoms with E-state index in [1.807, 2.05) is 36.4 Å². The Hall–Kier alpha value is -3.15. The van der Waals surface area contributed by atoms with Gasteiger partial charge in [-0.3, -0.25) is 9.36 Å². The van der Waals surface area contributed by atoms with Crippen LogP contribution in [0.5, 0.6) is 5.88 Å². The topological polar surface area (TPSA) is 66.1 Å². The van der Waals surface area contributed by atoms with Crippen LogP contribution < -0.4 is 16.0 Å². The van der Waals surface area contributed by atoms with Gasteiger partial charge in [0.25, 0.3) is 5.88 Å². The third-order valence-corrected chi connectivity index (χ3v) is 3.92. The molecule has 1 aromatic heterocycles. The second kappa shape index (κ2) is 7.61. The van der Waals surface area contributed by atoms with Gasteiger partial charge in [0, 0.05) is 6.54 Å². The summed E-state index contributed by atoms with van der Waals surface area (Å²) in [5.41, 5.74) is 0.778. The number of aromatic nitrogens is 3. The molecule has 3 aromatic rings. The molecule has 128 valence electrons. The van der Waals surface area contributed by atoms with E-state index in [1.165, 1.54) is 21.9 Å². The molecule has 25 heavy (non-hydrogen) atoms. The first-order valence-corrected chi connectivity index (χ1v) is 8.08. The number of methoxy groups -OCH3 is 1. The molecule has 6 nitrogen and oxygen atoms in total. The van der Waals surface area contributed by atoms with Crippen LogP contribution in [-0.2, 0) is 13.0 Å². The molecule has 0 radical (unpaired) electrons. The van der Waals surface area contributed by atoms with Crippen LogP contribution in [0.15, 0.2) is 70.3 Å². The molecule has 2 aromatic carbocycles. The van der Waals surface area contributed by atoms with Crippen molar-refractivity contribution in [3.63, 3.8) is 0 Å². The Balaban J connectivity index is 1.92. The molecule has 0 aliphatic heterocycles. The van der Waals surface area contributed by atoms with E-state index in [-0.39, 0.29) is 5.88 Å². The van der Waals surface area contributed by atoms with Crippen LogP contribution in [0.4, 0.5) is 0 Å². The quantitative estimate of drug-likeness (QED) is 0.690. The largest absolute Gasteiger partial charge is 0.476 e. The van der Waals surface area contributed by atoms with Crippen molar-refractivity contribution in [2.45, 2.75) is 19.4 Å². The van der Waals surface area contributed by atoms with Crippen molar-refractivity contribution in [2.75, 3.05) is 7.11 Å². The van der Waals surface area contributed by atoms with E-state index in [1.54, 1.807) is 24.3 Å². The van der Waals surface area contributed by atoms with E-state index >= 15 is 0 Å².